The van der Waals surface area contributed by atoms with E-state index in [0.717, 1.165) is 18.1 Å². The van der Waals surface area contributed by atoms with Crippen molar-refractivity contribution in [3.8, 4) is 0 Å². The maximum absolute atomic E-state index is 13.1. The number of ether oxygens (including phenoxy) is 1. The molecule has 3 aromatic rings. The summed E-state index contributed by atoms with van der Waals surface area (Å²) in [6, 6.07) is 17.3. The van der Waals surface area contributed by atoms with Crippen molar-refractivity contribution in [2.75, 3.05) is 6.61 Å². The standard InChI is InChI=1S/C27H22N2O7/c1-2-8-21(16-9-4-3-5-10-16)28-22(30)15-36-27(33)20-14-13-19-23(24(20)29(34)35)26(32)18-12-7-6-11-17(18)25(19)31/h3-7,9-14,21H,2,8,15H2,1H3,(H,28,30). The number of benzene rings is 3. The van der Waals surface area contributed by atoms with E-state index in [-0.39, 0.29) is 22.7 Å². The van der Waals surface area contributed by atoms with Crippen molar-refractivity contribution in [1.29, 1.82) is 0 Å². The Morgan fingerprint density at radius 1 is 0.917 bits per heavy atom. The summed E-state index contributed by atoms with van der Waals surface area (Å²) in [6.07, 6.45) is 1.47. The van der Waals surface area contributed by atoms with Crippen molar-refractivity contribution in [3.05, 3.63) is 110 Å². The Hall–Kier alpha value is -4.66. The monoisotopic (exact) mass is 486 g/mol. The molecule has 1 atom stereocenters. The number of ketones is 2. The molecular weight excluding hydrogens is 464 g/mol. The van der Waals surface area contributed by atoms with Gasteiger partial charge in [0.2, 0.25) is 5.78 Å². The Morgan fingerprint density at radius 3 is 2.19 bits per heavy atom. The lowest BCUT2D eigenvalue weighted by molar-refractivity contribution is -0.385. The number of nitro benzene ring substituents is 1. The van der Waals surface area contributed by atoms with Gasteiger partial charge in [-0.3, -0.25) is 24.5 Å². The van der Waals surface area contributed by atoms with Crippen LogP contribution in [0, 0.1) is 10.1 Å². The zero-order valence-electron chi connectivity index (χ0n) is 19.4. The van der Waals surface area contributed by atoms with Crippen LogP contribution < -0.4 is 5.32 Å². The molecule has 1 N–H and O–H groups in total. The number of esters is 1. The predicted octanol–water partition coefficient (Wildman–Crippen LogP) is 4.18. The number of nitro groups is 1. The Balaban J connectivity index is 1.56. The molecule has 0 aromatic heterocycles. The van der Waals surface area contributed by atoms with Crippen LogP contribution in [-0.4, -0.2) is 35.0 Å². The Bertz CT molecular complexity index is 1380. The quantitative estimate of drug-likeness (QED) is 0.224. The lowest BCUT2D eigenvalue weighted by Gasteiger charge is -2.19. The van der Waals surface area contributed by atoms with E-state index in [1.54, 1.807) is 12.1 Å². The van der Waals surface area contributed by atoms with Crippen LogP contribution in [0.15, 0.2) is 66.7 Å². The van der Waals surface area contributed by atoms with Gasteiger partial charge >= 0.3 is 5.97 Å². The fourth-order valence-corrected chi connectivity index (χ4v) is 4.26. The number of nitrogens with zero attached hydrogens (tertiary/aromatic N) is 1. The molecule has 0 saturated heterocycles. The highest BCUT2D eigenvalue weighted by Gasteiger charge is 2.39. The number of hydrogen-bond donors (Lipinski definition) is 1. The molecule has 36 heavy (non-hydrogen) atoms. The van der Waals surface area contributed by atoms with E-state index in [1.165, 1.54) is 18.2 Å². The summed E-state index contributed by atoms with van der Waals surface area (Å²) in [5.74, 6) is -3.01. The highest BCUT2D eigenvalue weighted by molar-refractivity contribution is 6.30. The minimum Gasteiger partial charge on any atom is -0.452 e. The first-order valence-corrected chi connectivity index (χ1v) is 11.3. The zero-order valence-corrected chi connectivity index (χ0v) is 19.4. The van der Waals surface area contributed by atoms with Crippen molar-refractivity contribution < 1.29 is 28.8 Å². The molecule has 0 bridgehead atoms. The minimum atomic E-state index is -1.15. The molecule has 9 nitrogen and oxygen atoms in total. The van der Waals surface area contributed by atoms with Gasteiger partial charge in [0, 0.05) is 16.7 Å². The van der Waals surface area contributed by atoms with E-state index in [2.05, 4.69) is 5.32 Å². The predicted molar refractivity (Wildman–Crippen MR) is 129 cm³/mol. The van der Waals surface area contributed by atoms with Gasteiger partial charge in [0.05, 0.1) is 11.0 Å². The number of carbonyl (C=O) groups is 4. The maximum Gasteiger partial charge on any atom is 0.345 e. The summed E-state index contributed by atoms with van der Waals surface area (Å²) in [6.45, 7) is 1.30. The van der Waals surface area contributed by atoms with Gasteiger partial charge in [0.1, 0.15) is 11.1 Å². The summed E-state index contributed by atoms with van der Waals surface area (Å²) < 4.78 is 5.07. The first kappa shape index (κ1) is 24.5. The Labute approximate surface area is 206 Å². The maximum atomic E-state index is 13.1. The fraction of sp³-hybridized carbons (Fsp3) is 0.185. The summed E-state index contributed by atoms with van der Waals surface area (Å²) in [7, 11) is 0. The average molecular weight is 486 g/mol. The van der Waals surface area contributed by atoms with E-state index in [1.807, 2.05) is 37.3 Å². The normalized spacial score (nSPS) is 12.8. The van der Waals surface area contributed by atoms with Crippen LogP contribution in [0.1, 0.15) is 73.6 Å². The molecule has 1 aliphatic carbocycles. The highest BCUT2D eigenvalue weighted by Crippen LogP contribution is 2.35. The second-order valence-corrected chi connectivity index (χ2v) is 8.24. The first-order valence-electron chi connectivity index (χ1n) is 11.3. The molecule has 0 radical (unpaired) electrons. The van der Waals surface area contributed by atoms with Crippen LogP contribution in [0.5, 0.6) is 0 Å². The van der Waals surface area contributed by atoms with E-state index < -0.39 is 51.8 Å². The Kier molecular flexibility index (Phi) is 7.00. The zero-order chi connectivity index (χ0) is 25.8. The Morgan fingerprint density at radius 2 is 1.56 bits per heavy atom. The third kappa shape index (κ3) is 4.63. The van der Waals surface area contributed by atoms with Crippen LogP contribution in [0.25, 0.3) is 0 Å². The first-order chi connectivity index (χ1) is 17.3. The molecule has 0 heterocycles. The summed E-state index contributed by atoms with van der Waals surface area (Å²) >= 11 is 0. The van der Waals surface area contributed by atoms with Crippen LogP contribution in [0.4, 0.5) is 5.69 Å². The van der Waals surface area contributed by atoms with Crippen molar-refractivity contribution in [2.24, 2.45) is 0 Å². The highest BCUT2D eigenvalue weighted by atomic mass is 16.6. The van der Waals surface area contributed by atoms with Gasteiger partial charge in [-0.1, -0.05) is 67.9 Å². The molecule has 0 fully saturated rings. The molecule has 3 aromatic carbocycles. The largest absolute Gasteiger partial charge is 0.452 e. The van der Waals surface area contributed by atoms with Crippen LogP contribution in [0.2, 0.25) is 0 Å². The molecule has 1 amide bonds. The molecular formula is C27H22N2O7. The minimum absolute atomic E-state index is 0.0193. The van der Waals surface area contributed by atoms with Gasteiger partial charge < -0.3 is 10.1 Å². The number of nitrogens with one attached hydrogen (secondary N) is 1. The van der Waals surface area contributed by atoms with Crippen molar-refractivity contribution in [3.63, 3.8) is 0 Å². The van der Waals surface area contributed by atoms with Crippen molar-refractivity contribution in [2.45, 2.75) is 25.8 Å². The lowest BCUT2D eigenvalue weighted by atomic mass is 9.82. The smallest absolute Gasteiger partial charge is 0.345 e. The molecule has 9 heteroatoms. The second-order valence-electron chi connectivity index (χ2n) is 8.24. The summed E-state index contributed by atoms with van der Waals surface area (Å²) in [4.78, 5) is 62.2. The summed E-state index contributed by atoms with van der Waals surface area (Å²) in [5.41, 5.74) is -0.908. The lowest BCUT2D eigenvalue weighted by Crippen LogP contribution is -2.32. The van der Waals surface area contributed by atoms with E-state index in [9.17, 15) is 29.3 Å². The van der Waals surface area contributed by atoms with Gasteiger partial charge in [-0.25, -0.2) is 4.79 Å². The molecule has 0 spiro atoms. The van der Waals surface area contributed by atoms with E-state index in [4.69, 9.17) is 4.74 Å². The number of carbonyl (C=O) groups excluding carboxylic acids is 4. The molecule has 0 aliphatic heterocycles. The SMILES string of the molecule is CCCC(NC(=O)COC(=O)c1ccc2c(c1[N+](=O)[O-])C(=O)c1ccccc1C2=O)c1ccccc1. The molecule has 1 aliphatic rings. The van der Waals surface area contributed by atoms with Crippen LogP contribution in [0.3, 0.4) is 0 Å². The van der Waals surface area contributed by atoms with Gasteiger partial charge in [-0.2, -0.15) is 0 Å². The van der Waals surface area contributed by atoms with Gasteiger partial charge in [-0.05, 0) is 24.1 Å². The fourth-order valence-electron chi connectivity index (χ4n) is 4.26. The van der Waals surface area contributed by atoms with Gasteiger partial charge in [0.15, 0.2) is 12.4 Å². The third-order valence-electron chi connectivity index (χ3n) is 5.92. The number of rotatable bonds is 8. The van der Waals surface area contributed by atoms with Crippen LogP contribution in [-0.2, 0) is 9.53 Å². The molecule has 182 valence electrons. The topological polar surface area (TPSA) is 133 Å². The number of hydrogen-bond acceptors (Lipinski definition) is 7. The van der Waals surface area contributed by atoms with E-state index in [0.29, 0.717) is 6.42 Å². The number of amides is 1. The third-order valence-corrected chi connectivity index (χ3v) is 5.92. The number of fused-ring (bicyclic) bond motifs is 2. The van der Waals surface area contributed by atoms with Gasteiger partial charge in [0.25, 0.3) is 11.6 Å². The molecule has 4 rings (SSSR count). The van der Waals surface area contributed by atoms with Crippen molar-refractivity contribution >= 4 is 29.1 Å². The van der Waals surface area contributed by atoms with Crippen LogP contribution >= 0.6 is 0 Å². The van der Waals surface area contributed by atoms with Crippen molar-refractivity contribution in [1.82, 2.24) is 5.32 Å². The van der Waals surface area contributed by atoms with E-state index >= 15 is 0 Å². The average Bonchev–Trinajstić information content (AvgIpc) is 2.89. The molecule has 0 saturated carbocycles. The summed E-state index contributed by atoms with van der Waals surface area (Å²) in [5, 5.41) is 14.7. The van der Waals surface area contributed by atoms with Gasteiger partial charge in [-0.15, -0.1) is 0 Å². The second kappa shape index (κ2) is 10.3. The molecule has 1 unspecified atom stereocenters.